The number of benzene rings is 9. The number of hydrogen-bond acceptors (Lipinski definition) is 1. The molecule has 0 radical (unpaired) electrons. The average Bonchev–Trinajstić information content (AvgIpc) is 3.93. The third-order valence-corrected chi connectivity index (χ3v) is 12.3. The minimum atomic E-state index is -0.418. The molecule has 0 amide bonds. The number of para-hydroxylation sites is 2. The Hall–Kier alpha value is -7.42. The summed E-state index contributed by atoms with van der Waals surface area (Å²) in [6, 6.07) is 77.6. The monoisotopic (exact) mass is 725 g/mol. The van der Waals surface area contributed by atoms with Gasteiger partial charge in [0.25, 0.3) is 0 Å². The fraction of sp³-hybridized carbons (Fsp3) is 0.0182. The van der Waals surface area contributed by atoms with Crippen molar-refractivity contribution in [3.63, 3.8) is 0 Å². The second kappa shape index (κ2) is 12.3. The van der Waals surface area contributed by atoms with Gasteiger partial charge in [0, 0.05) is 27.2 Å². The summed E-state index contributed by atoms with van der Waals surface area (Å²) in [5.74, 6) is 0. The van der Waals surface area contributed by atoms with Crippen molar-refractivity contribution in [1.82, 2.24) is 4.57 Å². The summed E-state index contributed by atoms with van der Waals surface area (Å²) >= 11 is 0. The van der Waals surface area contributed by atoms with Crippen LogP contribution in [0.3, 0.4) is 0 Å². The number of fused-ring (bicyclic) bond motifs is 9. The zero-order valence-electron chi connectivity index (χ0n) is 31.1. The molecule has 0 saturated carbocycles. The first-order chi connectivity index (χ1) is 28.3. The van der Waals surface area contributed by atoms with Crippen LogP contribution in [0.25, 0.3) is 82.8 Å². The second-order valence-electron chi connectivity index (χ2n) is 15.2. The predicted octanol–water partition coefficient (Wildman–Crippen LogP) is 14.4. The average molecular weight is 726 g/mol. The second-order valence-corrected chi connectivity index (χ2v) is 15.2. The van der Waals surface area contributed by atoms with Crippen LogP contribution < -0.4 is 0 Å². The first-order valence-electron chi connectivity index (χ1n) is 19.7. The highest BCUT2D eigenvalue weighted by Crippen LogP contribution is 2.56. The number of hydrogen-bond donors (Lipinski definition) is 0. The van der Waals surface area contributed by atoms with Gasteiger partial charge in [-0.25, -0.2) is 0 Å². The maximum absolute atomic E-state index is 6.09. The topological polar surface area (TPSA) is 18.1 Å². The lowest BCUT2D eigenvalue weighted by Crippen LogP contribution is -2.28. The molecule has 2 nitrogen and oxygen atoms in total. The summed E-state index contributed by atoms with van der Waals surface area (Å²) < 4.78 is 8.53. The van der Waals surface area contributed by atoms with Crippen LogP contribution in [0.1, 0.15) is 22.3 Å². The minimum Gasteiger partial charge on any atom is -0.456 e. The number of nitrogens with zero attached hydrogens (tertiary/aromatic N) is 1. The Kier molecular flexibility index (Phi) is 6.88. The van der Waals surface area contributed by atoms with E-state index in [0.717, 1.165) is 27.6 Å². The first-order valence-corrected chi connectivity index (χ1v) is 19.7. The highest BCUT2D eigenvalue weighted by molar-refractivity contribution is 6.11. The van der Waals surface area contributed by atoms with E-state index in [1.165, 1.54) is 77.4 Å². The maximum Gasteiger partial charge on any atom is 0.135 e. The van der Waals surface area contributed by atoms with E-state index in [2.05, 4.69) is 205 Å². The van der Waals surface area contributed by atoms with Crippen LogP contribution in [0, 0.1) is 0 Å². The van der Waals surface area contributed by atoms with E-state index in [1.807, 2.05) is 12.1 Å². The van der Waals surface area contributed by atoms with Gasteiger partial charge in [-0.15, -0.1) is 0 Å². The van der Waals surface area contributed by atoms with Gasteiger partial charge in [-0.3, -0.25) is 0 Å². The SMILES string of the molecule is c1ccc(C2(c3ccccc3)c3ccccc3-c3cc(-n4c5ccccc5c5cc(-c6ccc(-c7ccc8oc9ccccc9c8c7)cc6)ccc54)ccc32)cc1. The summed E-state index contributed by atoms with van der Waals surface area (Å²) in [6.45, 7) is 0. The highest BCUT2D eigenvalue weighted by atomic mass is 16.3. The van der Waals surface area contributed by atoms with Gasteiger partial charge in [0.2, 0.25) is 0 Å². The number of furan rings is 1. The molecule has 0 saturated heterocycles. The Bertz CT molecular complexity index is 3290. The van der Waals surface area contributed by atoms with E-state index in [-0.39, 0.29) is 0 Å². The smallest absolute Gasteiger partial charge is 0.135 e. The molecule has 0 bridgehead atoms. The molecule has 0 spiro atoms. The van der Waals surface area contributed by atoms with Crippen LogP contribution in [-0.4, -0.2) is 4.57 Å². The Labute approximate surface area is 330 Å². The van der Waals surface area contributed by atoms with Crippen molar-refractivity contribution in [3.8, 4) is 39.1 Å². The van der Waals surface area contributed by atoms with Gasteiger partial charge in [0.05, 0.1) is 16.4 Å². The fourth-order valence-electron chi connectivity index (χ4n) is 9.77. The van der Waals surface area contributed by atoms with Gasteiger partial charge in [0.15, 0.2) is 0 Å². The van der Waals surface area contributed by atoms with Gasteiger partial charge in [-0.2, -0.15) is 0 Å². The third kappa shape index (κ3) is 4.65. The lowest BCUT2D eigenvalue weighted by Gasteiger charge is -2.33. The molecule has 1 aliphatic carbocycles. The van der Waals surface area contributed by atoms with Gasteiger partial charge in [0.1, 0.15) is 11.2 Å². The van der Waals surface area contributed by atoms with Crippen LogP contribution >= 0.6 is 0 Å². The molecule has 0 N–H and O–H groups in total. The van der Waals surface area contributed by atoms with Crippen molar-refractivity contribution in [3.05, 3.63) is 235 Å². The third-order valence-electron chi connectivity index (χ3n) is 12.3. The van der Waals surface area contributed by atoms with Crippen molar-refractivity contribution in [2.75, 3.05) is 0 Å². The summed E-state index contributed by atoms with van der Waals surface area (Å²) in [4.78, 5) is 0. The van der Waals surface area contributed by atoms with E-state index < -0.39 is 5.41 Å². The molecular formula is C55H35NO. The molecule has 0 fully saturated rings. The summed E-state index contributed by atoms with van der Waals surface area (Å²) in [6.07, 6.45) is 0. The van der Waals surface area contributed by atoms with E-state index >= 15 is 0 Å². The molecule has 12 rings (SSSR count). The molecule has 2 heteroatoms. The van der Waals surface area contributed by atoms with Gasteiger partial charge >= 0.3 is 0 Å². The van der Waals surface area contributed by atoms with E-state index in [4.69, 9.17) is 4.42 Å². The summed E-state index contributed by atoms with van der Waals surface area (Å²) in [7, 11) is 0. The molecule has 9 aromatic carbocycles. The van der Waals surface area contributed by atoms with Crippen LogP contribution in [0.15, 0.2) is 217 Å². The molecule has 0 unspecified atom stereocenters. The summed E-state index contributed by atoms with van der Waals surface area (Å²) in [5, 5.41) is 4.78. The van der Waals surface area contributed by atoms with Gasteiger partial charge in [-0.1, -0.05) is 164 Å². The molecule has 0 aliphatic heterocycles. The Balaban J connectivity index is 0.979. The zero-order chi connectivity index (χ0) is 37.5. The van der Waals surface area contributed by atoms with E-state index in [0.29, 0.717) is 0 Å². The lowest BCUT2D eigenvalue weighted by molar-refractivity contribution is 0.669. The molecule has 11 aromatic rings. The van der Waals surface area contributed by atoms with Crippen molar-refractivity contribution < 1.29 is 4.42 Å². The van der Waals surface area contributed by atoms with Crippen LogP contribution in [-0.2, 0) is 5.41 Å². The van der Waals surface area contributed by atoms with Crippen molar-refractivity contribution in [1.29, 1.82) is 0 Å². The molecule has 57 heavy (non-hydrogen) atoms. The molecule has 0 atom stereocenters. The van der Waals surface area contributed by atoms with Gasteiger partial charge in [-0.05, 0) is 104 Å². The van der Waals surface area contributed by atoms with Crippen LogP contribution in [0.4, 0.5) is 0 Å². The van der Waals surface area contributed by atoms with E-state index in [9.17, 15) is 0 Å². The zero-order valence-corrected chi connectivity index (χ0v) is 31.1. The standard InChI is InChI=1S/C55H35NO/c1-3-13-40(14-4-1)55(41-15-5-2-6-16-41)49-20-10-7-17-43(49)46-35-42(29-30-50(46)55)56-51-21-11-8-18-44(51)47-33-38(27-31-52(47)56)36-23-25-37(26-24-36)39-28-32-54-48(34-39)45-19-9-12-22-53(45)57-54/h1-35H. The molecular weight excluding hydrogens is 691 g/mol. The Morgan fingerprint density at radius 2 is 0.877 bits per heavy atom. The highest BCUT2D eigenvalue weighted by Gasteiger charge is 2.46. The first kappa shape index (κ1) is 31.9. The molecule has 2 heterocycles. The maximum atomic E-state index is 6.09. The Morgan fingerprint density at radius 3 is 1.63 bits per heavy atom. The normalized spacial score (nSPS) is 13.1. The lowest BCUT2D eigenvalue weighted by atomic mass is 9.68. The largest absolute Gasteiger partial charge is 0.456 e. The Morgan fingerprint density at radius 1 is 0.333 bits per heavy atom. The number of aromatic nitrogens is 1. The van der Waals surface area contributed by atoms with E-state index in [1.54, 1.807) is 0 Å². The van der Waals surface area contributed by atoms with Crippen molar-refractivity contribution >= 4 is 43.7 Å². The number of rotatable bonds is 5. The fourth-order valence-corrected chi connectivity index (χ4v) is 9.77. The minimum absolute atomic E-state index is 0.418. The van der Waals surface area contributed by atoms with Crippen molar-refractivity contribution in [2.45, 2.75) is 5.41 Å². The molecule has 2 aromatic heterocycles. The molecule has 1 aliphatic rings. The van der Waals surface area contributed by atoms with Crippen LogP contribution in [0.5, 0.6) is 0 Å². The predicted molar refractivity (Wildman–Crippen MR) is 236 cm³/mol. The van der Waals surface area contributed by atoms with Crippen molar-refractivity contribution in [2.24, 2.45) is 0 Å². The van der Waals surface area contributed by atoms with Gasteiger partial charge < -0.3 is 8.98 Å². The van der Waals surface area contributed by atoms with Crippen LogP contribution in [0.2, 0.25) is 0 Å². The summed E-state index contributed by atoms with van der Waals surface area (Å²) in [5.41, 5.74) is 17.5. The molecule has 266 valence electrons. The quantitative estimate of drug-likeness (QED) is 0.173.